The zero-order valence-corrected chi connectivity index (χ0v) is 6.87. The summed E-state index contributed by atoms with van der Waals surface area (Å²) in [5.41, 5.74) is -0.0974. The van der Waals surface area contributed by atoms with Crippen molar-refractivity contribution in [1.29, 1.82) is 5.41 Å². The molecule has 0 unspecified atom stereocenters. The van der Waals surface area contributed by atoms with E-state index in [1.54, 1.807) is 0 Å². The molecule has 0 atom stereocenters. The molecule has 0 radical (unpaired) electrons. The molecule has 0 spiro atoms. The molecule has 58 valence electrons. The van der Waals surface area contributed by atoms with Gasteiger partial charge in [-0.25, -0.2) is 0 Å². The summed E-state index contributed by atoms with van der Waals surface area (Å²) in [6.07, 6.45) is 1.77. The molecule has 1 N–H and O–H groups in total. The van der Waals surface area contributed by atoms with Crippen LogP contribution in [-0.4, -0.2) is 18.4 Å². The molecular weight excluding hydrogens is 150 g/mol. The van der Waals surface area contributed by atoms with E-state index in [0.717, 1.165) is 26.1 Å². The monoisotopic (exact) mass is 161 g/mol. The highest BCUT2D eigenvalue weighted by atomic mass is 35.5. The lowest BCUT2D eigenvalue weighted by atomic mass is 9.84. The highest BCUT2D eigenvalue weighted by molar-refractivity contribution is 6.65. The number of ether oxygens (including phenoxy) is 1. The molecule has 10 heavy (non-hydrogen) atoms. The van der Waals surface area contributed by atoms with Crippen molar-refractivity contribution < 1.29 is 4.74 Å². The first kappa shape index (κ1) is 8.02. The Balaban J connectivity index is 2.56. The maximum Gasteiger partial charge on any atom is 0.103 e. The van der Waals surface area contributed by atoms with Gasteiger partial charge in [-0.05, 0) is 12.8 Å². The van der Waals surface area contributed by atoms with Crippen LogP contribution in [0, 0.1) is 10.8 Å². The first-order chi connectivity index (χ1) is 4.65. The SMILES string of the molecule is CC1(C(=N)Cl)CCOCC1. The fourth-order valence-corrected chi connectivity index (χ4v) is 1.23. The lowest BCUT2D eigenvalue weighted by Gasteiger charge is -2.31. The average Bonchev–Trinajstić information content (AvgIpc) is 1.89. The molecule has 1 heterocycles. The van der Waals surface area contributed by atoms with Crippen molar-refractivity contribution in [3.63, 3.8) is 0 Å². The summed E-state index contributed by atoms with van der Waals surface area (Å²) in [6, 6.07) is 0. The Kier molecular flexibility index (Phi) is 2.32. The topological polar surface area (TPSA) is 33.1 Å². The Morgan fingerprint density at radius 1 is 1.50 bits per heavy atom. The largest absolute Gasteiger partial charge is 0.381 e. The Morgan fingerprint density at radius 3 is 2.30 bits per heavy atom. The van der Waals surface area contributed by atoms with Crippen molar-refractivity contribution in [2.45, 2.75) is 19.8 Å². The van der Waals surface area contributed by atoms with E-state index in [1.807, 2.05) is 6.92 Å². The zero-order valence-electron chi connectivity index (χ0n) is 6.11. The Hall–Kier alpha value is -0.0800. The maximum absolute atomic E-state index is 7.30. The number of halogens is 1. The summed E-state index contributed by atoms with van der Waals surface area (Å²) in [7, 11) is 0. The van der Waals surface area contributed by atoms with E-state index in [4.69, 9.17) is 21.7 Å². The van der Waals surface area contributed by atoms with Crippen LogP contribution in [0.15, 0.2) is 0 Å². The molecule has 3 heteroatoms. The van der Waals surface area contributed by atoms with Gasteiger partial charge in [-0.1, -0.05) is 18.5 Å². The van der Waals surface area contributed by atoms with Crippen molar-refractivity contribution in [1.82, 2.24) is 0 Å². The van der Waals surface area contributed by atoms with Gasteiger partial charge in [0.1, 0.15) is 5.17 Å². The number of hydrogen-bond acceptors (Lipinski definition) is 2. The van der Waals surface area contributed by atoms with Gasteiger partial charge in [0.05, 0.1) is 0 Å². The van der Waals surface area contributed by atoms with Crippen LogP contribution in [0.4, 0.5) is 0 Å². The van der Waals surface area contributed by atoms with Gasteiger partial charge < -0.3 is 4.74 Å². The normalized spacial score (nSPS) is 24.2. The molecule has 1 fully saturated rings. The molecule has 0 saturated carbocycles. The van der Waals surface area contributed by atoms with Crippen molar-refractivity contribution in [3.8, 4) is 0 Å². The molecule has 0 aromatic heterocycles. The van der Waals surface area contributed by atoms with Crippen molar-refractivity contribution in [2.24, 2.45) is 5.41 Å². The molecule has 1 aliphatic rings. The Bertz CT molecular complexity index is 141. The highest BCUT2D eigenvalue weighted by Gasteiger charge is 2.30. The van der Waals surface area contributed by atoms with E-state index >= 15 is 0 Å². The van der Waals surface area contributed by atoms with Crippen LogP contribution >= 0.6 is 11.6 Å². The highest BCUT2D eigenvalue weighted by Crippen LogP contribution is 2.31. The summed E-state index contributed by atoms with van der Waals surface area (Å²) in [6.45, 7) is 3.50. The fraction of sp³-hybridized carbons (Fsp3) is 0.857. The summed E-state index contributed by atoms with van der Waals surface area (Å²) in [4.78, 5) is 0. The minimum Gasteiger partial charge on any atom is -0.381 e. The van der Waals surface area contributed by atoms with Crippen LogP contribution in [0.3, 0.4) is 0 Å². The van der Waals surface area contributed by atoms with Crippen molar-refractivity contribution in [3.05, 3.63) is 0 Å². The van der Waals surface area contributed by atoms with E-state index in [9.17, 15) is 0 Å². The molecule has 0 aromatic carbocycles. The average molecular weight is 162 g/mol. The van der Waals surface area contributed by atoms with Crippen LogP contribution in [0.5, 0.6) is 0 Å². The van der Waals surface area contributed by atoms with Crippen LogP contribution in [-0.2, 0) is 4.74 Å². The lowest BCUT2D eigenvalue weighted by molar-refractivity contribution is 0.0531. The second-order valence-corrected chi connectivity index (χ2v) is 3.36. The van der Waals surface area contributed by atoms with Crippen molar-refractivity contribution >= 4 is 16.8 Å². The number of nitrogens with one attached hydrogen (secondary N) is 1. The first-order valence-corrected chi connectivity index (χ1v) is 3.85. The van der Waals surface area contributed by atoms with Crippen molar-refractivity contribution in [2.75, 3.05) is 13.2 Å². The molecule has 0 amide bonds. The predicted molar refractivity (Wildman–Crippen MR) is 41.7 cm³/mol. The van der Waals surface area contributed by atoms with Crippen LogP contribution in [0.25, 0.3) is 0 Å². The second-order valence-electron chi connectivity index (χ2n) is 2.99. The Morgan fingerprint density at radius 2 is 2.00 bits per heavy atom. The number of rotatable bonds is 1. The molecule has 0 bridgehead atoms. The van der Waals surface area contributed by atoms with Crippen LogP contribution < -0.4 is 0 Å². The molecule has 0 aliphatic carbocycles. The third-order valence-corrected chi connectivity index (χ3v) is 2.58. The van der Waals surface area contributed by atoms with Gasteiger partial charge in [-0.15, -0.1) is 0 Å². The molecule has 1 aliphatic heterocycles. The van der Waals surface area contributed by atoms with Crippen LogP contribution in [0.2, 0.25) is 0 Å². The minimum absolute atomic E-state index is 0.0974. The second kappa shape index (κ2) is 2.89. The van der Waals surface area contributed by atoms with Gasteiger partial charge in [0.2, 0.25) is 0 Å². The molecule has 2 nitrogen and oxygen atoms in total. The van der Waals surface area contributed by atoms with E-state index < -0.39 is 0 Å². The predicted octanol–water partition coefficient (Wildman–Crippen LogP) is 2.02. The third kappa shape index (κ3) is 1.50. The van der Waals surface area contributed by atoms with Gasteiger partial charge in [0.15, 0.2) is 0 Å². The summed E-state index contributed by atoms with van der Waals surface area (Å²) < 4.78 is 5.16. The van der Waals surface area contributed by atoms with Crippen LogP contribution in [0.1, 0.15) is 19.8 Å². The van der Waals surface area contributed by atoms with Gasteiger partial charge in [0, 0.05) is 18.6 Å². The summed E-state index contributed by atoms with van der Waals surface area (Å²) in [5, 5.41) is 7.57. The van der Waals surface area contributed by atoms with Gasteiger partial charge in [-0.3, -0.25) is 5.41 Å². The molecule has 1 saturated heterocycles. The Labute approximate surface area is 66.0 Å². The maximum atomic E-state index is 7.30. The smallest absolute Gasteiger partial charge is 0.103 e. The van der Waals surface area contributed by atoms with E-state index in [2.05, 4.69) is 0 Å². The standard InChI is InChI=1S/C7H12ClNO/c1-7(6(8)9)2-4-10-5-3-7/h9H,2-5H2,1H3. The summed E-state index contributed by atoms with van der Waals surface area (Å²) >= 11 is 5.63. The zero-order chi connectivity index (χ0) is 7.61. The van der Waals surface area contributed by atoms with Gasteiger partial charge >= 0.3 is 0 Å². The lowest BCUT2D eigenvalue weighted by Crippen LogP contribution is -2.31. The molecule has 1 rings (SSSR count). The van der Waals surface area contributed by atoms with E-state index in [0.29, 0.717) is 0 Å². The quantitative estimate of drug-likeness (QED) is 0.587. The number of hydrogen-bond donors (Lipinski definition) is 1. The van der Waals surface area contributed by atoms with E-state index in [1.165, 1.54) is 0 Å². The first-order valence-electron chi connectivity index (χ1n) is 3.47. The molecule has 0 aromatic rings. The van der Waals surface area contributed by atoms with Gasteiger partial charge in [0.25, 0.3) is 0 Å². The van der Waals surface area contributed by atoms with Gasteiger partial charge in [-0.2, -0.15) is 0 Å². The fourth-order valence-electron chi connectivity index (χ4n) is 1.04. The minimum atomic E-state index is -0.0974. The summed E-state index contributed by atoms with van der Waals surface area (Å²) in [5.74, 6) is 0. The van der Waals surface area contributed by atoms with E-state index in [-0.39, 0.29) is 10.6 Å². The molecular formula is C7H12ClNO. The third-order valence-electron chi connectivity index (χ3n) is 2.13.